The van der Waals surface area contributed by atoms with Crippen molar-refractivity contribution in [3.05, 3.63) is 0 Å². The number of hydrogen-bond acceptors (Lipinski definition) is 6. The molecule has 3 aliphatic rings. The molecule has 7 heteroatoms. The van der Waals surface area contributed by atoms with Crippen LogP contribution in [0, 0.1) is 16.2 Å². The van der Waals surface area contributed by atoms with Gasteiger partial charge in [-0.3, -0.25) is 0 Å². The van der Waals surface area contributed by atoms with Crippen molar-refractivity contribution in [1.82, 2.24) is 0 Å². The van der Waals surface area contributed by atoms with Gasteiger partial charge in [0.1, 0.15) is 0 Å². The standard InChI is InChI=1S/C28H54O6Si/c1-5-9-13-26(17-29-18-26)23-32-35(16-12-8-4,33-24-27(14-10-6-2)19-30-20-27)34-25-28(15-11-7-3)21-31-22-28/h5-25H2,1-4H3. The fourth-order valence-corrected chi connectivity index (χ4v) is 8.30. The van der Waals surface area contributed by atoms with Crippen LogP contribution in [0.15, 0.2) is 0 Å². The Morgan fingerprint density at radius 2 is 0.829 bits per heavy atom. The van der Waals surface area contributed by atoms with E-state index in [-0.39, 0.29) is 16.2 Å². The first-order valence-corrected chi connectivity index (χ1v) is 16.6. The van der Waals surface area contributed by atoms with Crippen LogP contribution in [0.4, 0.5) is 0 Å². The summed E-state index contributed by atoms with van der Waals surface area (Å²) in [6, 6.07) is 0.893. The monoisotopic (exact) mass is 514 g/mol. The molecule has 0 aromatic heterocycles. The van der Waals surface area contributed by atoms with E-state index in [1.807, 2.05) is 0 Å². The molecule has 3 saturated heterocycles. The van der Waals surface area contributed by atoms with Gasteiger partial charge in [0.05, 0.1) is 39.6 Å². The molecule has 6 nitrogen and oxygen atoms in total. The summed E-state index contributed by atoms with van der Waals surface area (Å²) in [6.45, 7) is 15.9. The Hall–Kier alpha value is -0.0231. The fourth-order valence-electron chi connectivity index (χ4n) is 5.25. The van der Waals surface area contributed by atoms with Gasteiger partial charge in [0.15, 0.2) is 0 Å². The van der Waals surface area contributed by atoms with Gasteiger partial charge in [-0.2, -0.15) is 0 Å². The van der Waals surface area contributed by atoms with Gasteiger partial charge >= 0.3 is 8.80 Å². The zero-order chi connectivity index (χ0) is 25.1. The maximum Gasteiger partial charge on any atom is 0.501 e. The molecule has 0 saturated carbocycles. The van der Waals surface area contributed by atoms with Gasteiger partial charge in [0.25, 0.3) is 0 Å². The molecule has 0 aromatic rings. The largest absolute Gasteiger partial charge is 0.501 e. The van der Waals surface area contributed by atoms with E-state index in [9.17, 15) is 0 Å². The Morgan fingerprint density at radius 3 is 1.06 bits per heavy atom. The molecule has 0 unspecified atom stereocenters. The highest BCUT2D eigenvalue weighted by Gasteiger charge is 2.51. The third-order valence-corrected chi connectivity index (χ3v) is 11.0. The first kappa shape index (κ1) is 29.5. The second-order valence-corrected chi connectivity index (χ2v) is 14.7. The smallest absolute Gasteiger partial charge is 0.380 e. The molecule has 0 radical (unpaired) electrons. The SMILES string of the molecule is CCCCC1(CO[Si](CCCC)(OCC2(CCCC)COC2)OCC2(CCCC)COC2)COC1. The van der Waals surface area contributed by atoms with Crippen molar-refractivity contribution in [2.45, 2.75) is 104 Å². The first-order chi connectivity index (χ1) is 17.0. The van der Waals surface area contributed by atoms with E-state index in [0.29, 0.717) is 19.8 Å². The minimum atomic E-state index is -2.88. The van der Waals surface area contributed by atoms with Crippen molar-refractivity contribution in [3.63, 3.8) is 0 Å². The summed E-state index contributed by atoms with van der Waals surface area (Å²) in [5.41, 5.74) is 0.393. The molecule has 35 heavy (non-hydrogen) atoms. The highest BCUT2D eigenvalue weighted by Crippen LogP contribution is 2.40. The molecule has 3 aliphatic heterocycles. The van der Waals surface area contributed by atoms with Crippen molar-refractivity contribution in [2.24, 2.45) is 16.2 Å². The zero-order valence-corrected chi connectivity index (χ0v) is 24.3. The summed E-state index contributed by atoms with van der Waals surface area (Å²) in [7, 11) is -2.88. The van der Waals surface area contributed by atoms with E-state index in [0.717, 1.165) is 77.8 Å². The van der Waals surface area contributed by atoms with Crippen molar-refractivity contribution >= 4 is 8.80 Å². The lowest BCUT2D eigenvalue weighted by molar-refractivity contribution is -0.171. The highest BCUT2D eigenvalue weighted by atomic mass is 28.4. The van der Waals surface area contributed by atoms with Gasteiger partial charge in [-0.25, -0.2) is 0 Å². The molecule has 0 bridgehead atoms. The Balaban J connectivity index is 1.73. The van der Waals surface area contributed by atoms with Crippen LogP contribution in [-0.2, 0) is 27.5 Å². The van der Waals surface area contributed by atoms with Crippen LogP contribution in [0.5, 0.6) is 0 Å². The molecule has 0 N–H and O–H groups in total. The van der Waals surface area contributed by atoms with Gasteiger partial charge in [0.2, 0.25) is 0 Å². The highest BCUT2D eigenvalue weighted by molar-refractivity contribution is 6.60. The average Bonchev–Trinajstić information content (AvgIpc) is 2.79. The third kappa shape index (κ3) is 8.23. The molecule has 3 heterocycles. The topological polar surface area (TPSA) is 55.4 Å². The fraction of sp³-hybridized carbons (Fsp3) is 1.00. The molecule has 3 fully saturated rings. The predicted molar refractivity (Wildman–Crippen MR) is 142 cm³/mol. The second-order valence-electron chi connectivity index (χ2n) is 11.9. The van der Waals surface area contributed by atoms with Crippen LogP contribution in [0.25, 0.3) is 0 Å². The van der Waals surface area contributed by atoms with E-state index < -0.39 is 8.80 Å². The lowest BCUT2D eigenvalue weighted by atomic mass is 9.82. The minimum Gasteiger partial charge on any atom is -0.380 e. The molecular formula is C28H54O6Si. The van der Waals surface area contributed by atoms with Crippen LogP contribution in [0.3, 0.4) is 0 Å². The Kier molecular flexibility index (Phi) is 12.0. The molecule has 0 aliphatic carbocycles. The maximum absolute atomic E-state index is 6.91. The van der Waals surface area contributed by atoms with Gasteiger partial charge in [0, 0.05) is 42.1 Å². The lowest BCUT2D eigenvalue weighted by Gasteiger charge is -2.47. The Bertz CT molecular complexity index is 514. The molecule has 0 spiro atoms. The van der Waals surface area contributed by atoms with E-state index in [2.05, 4.69) is 27.7 Å². The second kappa shape index (κ2) is 14.2. The average molecular weight is 515 g/mol. The predicted octanol–water partition coefficient (Wildman–Crippen LogP) is 6.40. The minimum absolute atomic E-state index is 0.131. The Labute approximate surface area is 216 Å². The molecule has 0 aromatic carbocycles. The van der Waals surface area contributed by atoms with Crippen LogP contribution in [0.1, 0.15) is 98.3 Å². The van der Waals surface area contributed by atoms with Gasteiger partial charge in [-0.05, 0) is 25.7 Å². The number of unbranched alkanes of at least 4 members (excludes halogenated alkanes) is 4. The van der Waals surface area contributed by atoms with Gasteiger partial charge in [-0.15, -0.1) is 0 Å². The van der Waals surface area contributed by atoms with E-state index in [1.165, 1.54) is 38.5 Å². The summed E-state index contributed by atoms with van der Waals surface area (Å²) in [6.07, 6.45) is 12.9. The molecule has 3 rings (SSSR count). The van der Waals surface area contributed by atoms with Gasteiger partial charge < -0.3 is 27.5 Å². The summed E-state index contributed by atoms with van der Waals surface area (Å²) in [5.74, 6) is 0. The lowest BCUT2D eigenvalue weighted by Crippen LogP contribution is -2.58. The molecular weight excluding hydrogens is 460 g/mol. The van der Waals surface area contributed by atoms with Gasteiger partial charge in [-0.1, -0.05) is 72.6 Å². The van der Waals surface area contributed by atoms with Crippen molar-refractivity contribution in [3.8, 4) is 0 Å². The molecule has 0 amide bonds. The summed E-state index contributed by atoms with van der Waals surface area (Å²) in [5, 5.41) is 0. The normalized spacial score (nSPS) is 22.3. The van der Waals surface area contributed by atoms with E-state index in [1.54, 1.807) is 0 Å². The van der Waals surface area contributed by atoms with Crippen LogP contribution < -0.4 is 0 Å². The third-order valence-electron chi connectivity index (χ3n) is 8.26. The van der Waals surface area contributed by atoms with E-state index in [4.69, 9.17) is 27.5 Å². The summed E-state index contributed by atoms with van der Waals surface area (Å²) >= 11 is 0. The number of ether oxygens (including phenoxy) is 3. The maximum atomic E-state index is 6.91. The number of hydrogen-bond donors (Lipinski definition) is 0. The van der Waals surface area contributed by atoms with Crippen molar-refractivity contribution < 1.29 is 27.5 Å². The van der Waals surface area contributed by atoms with E-state index >= 15 is 0 Å². The van der Waals surface area contributed by atoms with Crippen LogP contribution >= 0.6 is 0 Å². The Morgan fingerprint density at radius 1 is 0.514 bits per heavy atom. The van der Waals surface area contributed by atoms with Crippen molar-refractivity contribution in [1.29, 1.82) is 0 Å². The van der Waals surface area contributed by atoms with Crippen molar-refractivity contribution in [2.75, 3.05) is 59.5 Å². The summed E-state index contributed by atoms with van der Waals surface area (Å²) < 4.78 is 37.7. The molecule has 206 valence electrons. The van der Waals surface area contributed by atoms with Crippen LogP contribution in [0.2, 0.25) is 6.04 Å². The van der Waals surface area contributed by atoms with Crippen LogP contribution in [-0.4, -0.2) is 68.3 Å². The quantitative estimate of drug-likeness (QED) is 0.165. The number of rotatable bonds is 21. The summed E-state index contributed by atoms with van der Waals surface area (Å²) in [4.78, 5) is 0. The first-order valence-electron chi connectivity index (χ1n) is 14.6. The molecule has 0 atom stereocenters. The zero-order valence-electron chi connectivity index (χ0n) is 23.3.